The van der Waals surface area contributed by atoms with E-state index in [0.717, 1.165) is 38.5 Å². The number of aliphatic hydroxyl groups excluding tert-OH is 5. The standard InChI is InChI=1S/C57H109NO8/c1-3-5-7-9-11-13-15-17-19-21-23-24-25-26-27-28-29-31-33-35-37-39-41-43-45-47-53(61)58-50(49-65-57-56(64)55(63)54(62)52(48-59)66-57)51(60)46-44-42-40-38-36-34-32-30-22-20-18-16-14-12-10-8-6-4-2/h36,38,44,46,50-52,54-57,59-60,62-64H,3-35,37,39-43,45,47-49H2,1-2H3,(H,58,61)/b38-36+,46-44+. The lowest BCUT2D eigenvalue weighted by molar-refractivity contribution is -0.302. The van der Waals surface area contributed by atoms with Gasteiger partial charge < -0.3 is 40.3 Å². The van der Waals surface area contributed by atoms with Crippen LogP contribution in [0, 0.1) is 0 Å². The van der Waals surface area contributed by atoms with Crippen LogP contribution in [0.2, 0.25) is 0 Å². The third-order valence-corrected chi connectivity index (χ3v) is 13.8. The van der Waals surface area contributed by atoms with Crippen LogP contribution >= 0.6 is 0 Å². The van der Waals surface area contributed by atoms with Crippen molar-refractivity contribution in [1.82, 2.24) is 5.32 Å². The number of carbonyl (C=O) groups is 1. The average molecular weight is 936 g/mol. The van der Waals surface area contributed by atoms with Gasteiger partial charge in [0, 0.05) is 6.42 Å². The van der Waals surface area contributed by atoms with E-state index in [-0.39, 0.29) is 12.5 Å². The highest BCUT2D eigenvalue weighted by molar-refractivity contribution is 5.76. The van der Waals surface area contributed by atoms with E-state index in [0.29, 0.717) is 6.42 Å². The van der Waals surface area contributed by atoms with Crippen LogP contribution in [0.25, 0.3) is 0 Å². The second-order valence-electron chi connectivity index (χ2n) is 20.1. The van der Waals surface area contributed by atoms with Crippen LogP contribution in [0.3, 0.4) is 0 Å². The second-order valence-corrected chi connectivity index (χ2v) is 20.1. The number of amides is 1. The van der Waals surface area contributed by atoms with Gasteiger partial charge in [0.2, 0.25) is 5.91 Å². The van der Waals surface area contributed by atoms with Gasteiger partial charge in [-0.2, -0.15) is 0 Å². The molecule has 0 saturated carbocycles. The molecule has 1 fully saturated rings. The Labute approximate surface area is 407 Å². The highest BCUT2D eigenvalue weighted by Gasteiger charge is 2.44. The molecule has 0 aromatic carbocycles. The molecule has 9 nitrogen and oxygen atoms in total. The van der Waals surface area contributed by atoms with Crippen molar-refractivity contribution in [3.8, 4) is 0 Å². The van der Waals surface area contributed by atoms with E-state index in [1.54, 1.807) is 6.08 Å². The van der Waals surface area contributed by atoms with Gasteiger partial charge in [-0.25, -0.2) is 0 Å². The topological polar surface area (TPSA) is 149 Å². The quantitative estimate of drug-likeness (QED) is 0.0261. The lowest BCUT2D eigenvalue weighted by Crippen LogP contribution is -2.60. The zero-order valence-corrected chi connectivity index (χ0v) is 43.2. The third-order valence-electron chi connectivity index (χ3n) is 13.8. The highest BCUT2D eigenvalue weighted by Crippen LogP contribution is 2.23. The Balaban J connectivity index is 2.22. The Hall–Kier alpha value is -1.33. The van der Waals surface area contributed by atoms with E-state index < -0.39 is 49.5 Å². The van der Waals surface area contributed by atoms with Crippen LogP contribution in [0.4, 0.5) is 0 Å². The molecule has 1 aliphatic rings. The summed E-state index contributed by atoms with van der Waals surface area (Å²) in [7, 11) is 0. The van der Waals surface area contributed by atoms with Crippen LogP contribution < -0.4 is 5.32 Å². The number of ether oxygens (including phenoxy) is 2. The fraction of sp³-hybridized carbons (Fsp3) is 0.912. The summed E-state index contributed by atoms with van der Waals surface area (Å²) in [6.07, 6.45) is 52.5. The minimum absolute atomic E-state index is 0.181. The normalized spacial score (nSPS) is 19.9. The molecular formula is C57H109NO8. The fourth-order valence-electron chi connectivity index (χ4n) is 9.23. The maximum atomic E-state index is 13.0. The summed E-state index contributed by atoms with van der Waals surface area (Å²) >= 11 is 0. The summed E-state index contributed by atoms with van der Waals surface area (Å²) in [4.78, 5) is 13.0. The number of unbranched alkanes of at least 4 members (excludes halogenated alkanes) is 37. The van der Waals surface area contributed by atoms with Crippen molar-refractivity contribution in [3.05, 3.63) is 24.3 Å². The lowest BCUT2D eigenvalue weighted by atomic mass is 9.99. The van der Waals surface area contributed by atoms with Crippen molar-refractivity contribution in [2.24, 2.45) is 0 Å². The molecule has 0 bridgehead atoms. The van der Waals surface area contributed by atoms with Crippen LogP contribution in [-0.4, -0.2) is 87.5 Å². The van der Waals surface area contributed by atoms with Crippen LogP contribution in [0.15, 0.2) is 24.3 Å². The smallest absolute Gasteiger partial charge is 0.220 e. The summed E-state index contributed by atoms with van der Waals surface area (Å²) in [5.74, 6) is -0.181. The highest BCUT2D eigenvalue weighted by atomic mass is 16.7. The number of aliphatic hydroxyl groups is 5. The second kappa shape index (κ2) is 47.4. The van der Waals surface area contributed by atoms with Crippen LogP contribution in [0.5, 0.6) is 0 Å². The van der Waals surface area contributed by atoms with Gasteiger partial charge in [0.1, 0.15) is 24.4 Å². The predicted molar refractivity (Wildman–Crippen MR) is 277 cm³/mol. The van der Waals surface area contributed by atoms with E-state index in [1.807, 2.05) is 6.08 Å². The molecule has 1 rings (SSSR count). The summed E-state index contributed by atoms with van der Waals surface area (Å²) in [6.45, 7) is 3.80. The molecule has 390 valence electrons. The first-order valence-electron chi connectivity index (χ1n) is 28.6. The van der Waals surface area contributed by atoms with Gasteiger partial charge in [0.25, 0.3) is 0 Å². The molecule has 1 amide bonds. The predicted octanol–water partition coefficient (Wildman–Crippen LogP) is 13.8. The van der Waals surface area contributed by atoms with Crippen molar-refractivity contribution < 1.29 is 39.8 Å². The van der Waals surface area contributed by atoms with E-state index >= 15 is 0 Å². The summed E-state index contributed by atoms with van der Waals surface area (Å²) in [6, 6.07) is -0.818. The molecule has 9 heteroatoms. The van der Waals surface area contributed by atoms with Gasteiger partial charge in [0.15, 0.2) is 6.29 Å². The van der Waals surface area contributed by atoms with Crippen molar-refractivity contribution in [2.75, 3.05) is 13.2 Å². The molecule has 1 heterocycles. The average Bonchev–Trinajstić information content (AvgIpc) is 3.32. The molecule has 0 radical (unpaired) electrons. The van der Waals surface area contributed by atoms with E-state index in [2.05, 4.69) is 31.3 Å². The van der Waals surface area contributed by atoms with Crippen molar-refractivity contribution in [2.45, 2.75) is 320 Å². The molecular weight excluding hydrogens is 827 g/mol. The Morgan fingerprint density at radius 2 is 0.864 bits per heavy atom. The third kappa shape index (κ3) is 36.6. The molecule has 7 unspecified atom stereocenters. The van der Waals surface area contributed by atoms with Crippen molar-refractivity contribution in [1.29, 1.82) is 0 Å². The zero-order chi connectivity index (χ0) is 48.0. The number of carbonyl (C=O) groups excluding carboxylic acids is 1. The number of nitrogens with one attached hydrogen (secondary N) is 1. The van der Waals surface area contributed by atoms with Gasteiger partial charge in [-0.15, -0.1) is 0 Å². The molecule has 66 heavy (non-hydrogen) atoms. The first kappa shape index (κ1) is 62.7. The SMILES string of the molecule is CCCCCCCCCCCCCC/C=C/CC/C=C/C(O)C(COC1OC(CO)C(O)C(O)C1O)NC(=O)CCCCCCCCCCCCCCCCCCCCCCCCCCC. The molecule has 0 aromatic rings. The number of allylic oxidation sites excluding steroid dienone is 3. The maximum Gasteiger partial charge on any atom is 0.220 e. The molecule has 7 atom stereocenters. The Morgan fingerprint density at radius 1 is 0.500 bits per heavy atom. The van der Waals surface area contributed by atoms with E-state index in [9.17, 15) is 30.3 Å². The van der Waals surface area contributed by atoms with Gasteiger partial charge in [-0.1, -0.05) is 263 Å². The first-order valence-corrected chi connectivity index (χ1v) is 28.6. The largest absolute Gasteiger partial charge is 0.394 e. The maximum absolute atomic E-state index is 13.0. The van der Waals surface area contributed by atoms with Gasteiger partial charge >= 0.3 is 0 Å². The van der Waals surface area contributed by atoms with Crippen molar-refractivity contribution in [3.63, 3.8) is 0 Å². The number of hydrogen-bond donors (Lipinski definition) is 6. The summed E-state index contributed by atoms with van der Waals surface area (Å²) in [5.41, 5.74) is 0. The molecule has 0 aromatic heterocycles. The minimum Gasteiger partial charge on any atom is -0.394 e. The molecule has 1 aliphatic heterocycles. The summed E-state index contributed by atoms with van der Waals surface area (Å²) < 4.78 is 11.3. The number of hydrogen-bond acceptors (Lipinski definition) is 8. The molecule has 0 spiro atoms. The summed E-state index contributed by atoms with van der Waals surface area (Å²) in [5, 5.41) is 54.4. The minimum atomic E-state index is -1.57. The van der Waals surface area contributed by atoms with E-state index in [4.69, 9.17) is 9.47 Å². The lowest BCUT2D eigenvalue weighted by Gasteiger charge is -2.40. The first-order chi connectivity index (χ1) is 32.3. The van der Waals surface area contributed by atoms with Gasteiger partial charge in [0.05, 0.1) is 25.4 Å². The monoisotopic (exact) mass is 936 g/mol. The Bertz CT molecular complexity index is 1090. The molecule has 0 aliphatic carbocycles. The molecule has 6 N–H and O–H groups in total. The molecule has 1 saturated heterocycles. The van der Waals surface area contributed by atoms with Crippen LogP contribution in [0.1, 0.15) is 277 Å². The fourth-order valence-corrected chi connectivity index (χ4v) is 9.23. The van der Waals surface area contributed by atoms with Crippen molar-refractivity contribution >= 4 is 5.91 Å². The van der Waals surface area contributed by atoms with Gasteiger partial charge in [-0.3, -0.25) is 4.79 Å². The Morgan fingerprint density at radius 3 is 1.27 bits per heavy atom. The van der Waals surface area contributed by atoms with Crippen LogP contribution in [-0.2, 0) is 14.3 Å². The zero-order valence-electron chi connectivity index (χ0n) is 43.2. The Kier molecular flexibility index (Phi) is 45.0. The van der Waals surface area contributed by atoms with Gasteiger partial charge in [-0.05, 0) is 32.1 Å². The van der Waals surface area contributed by atoms with E-state index in [1.165, 1.54) is 218 Å². The number of rotatable bonds is 49.